The molecule has 0 bridgehead atoms. The lowest BCUT2D eigenvalue weighted by Gasteiger charge is -2.08. The van der Waals surface area contributed by atoms with Gasteiger partial charge >= 0.3 is 0 Å². The second-order valence-electron chi connectivity index (χ2n) is 4.98. The Labute approximate surface area is 133 Å². The van der Waals surface area contributed by atoms with Gasteiger partial charge in [0.1, 0.15) is 0 Å². The Balaban J connectivity index is 1.87. The zero-order valence-corrected chi connectivity index (χ0v) is 14.2. The maximum Gasteiger partial charge on any atom is 0.0410 e. The van der Waals surface area contributed by atoms with Crippen molar-refractivity contribution >= 4 is 27.7 Å². The Bertz CT molecular complexity index is 540. The van der Waals surface area contributed by atoms with Gasteiger partial charge in [0, 0.05) is 40.1 Å². The number of aromatic nitrogens is 1. The predicted molar refractivity (Wildman–Crippen MR) is 89.9 cm³/mol. The topological polar surface area (TPSA) is 24.9 Å². The van der Waals surface area contributed by atoms with E-state index < -0.39 is 0 Å². The average Bonchev–Trinajstić information content (AvgIpc) is 2.44. The van der Waals surface area contributed by atoms with Gasteiger partial charge in [0.2, 0.25) is 0 Å². The third kappa shape index (κ3) is 5.27. The molecule has 2 aromatic rings. The molecule has 0 aliphatic carbocycles. The number of pyridine rings is 1. The van der Waals surface area contributed by atoms with Gasteiger partial charge < -0.3 is 5.32 Å². The van der Waals surface area contributed by atoms with Crippen LogP contribution in [0.5, 0.6) is 0 Å². The van der Waals surface area contributed by atoms with Gasteiger partial charge in [-0.15, -0.1) is 11.8 Å². The maximum atomic E-state index is 4.18. The molecule has 106 valence electrons. The minimum Gasteiger partial charge on any atom is -0.310 e. The highest BCUT2D eigenvalue weighted by molar-refractivity contribution is 9.10. The van der Waals surface area contributed by atoms with Crippen molar-refractivity contribution < 1.29 is 0 Å². The van der Waals surface area contributed by atoms with Gasteiger partial charge in [-0.2, -0.15) is 0 Å². The van der Waals surface area contributed by atoms with Gasteiger partial charge in [-0.05, 0) is 45.3 Å². The summed E-state index contributed by atoms with van der Waals surface area (Å²) < 4.78 is 1.03. The second-order valence-corrected chi connectivity index (χ2v) is 6.94. The summed E-state index contributed by atoms with van der Waals surface area (Å²) in [4.78, 5) is 5.47. The highest BCUT2D eigenvalue weighted by atomic mass is 79.9. The normalized spacial score (nSPS) is 11.0. The first-order valence-electron chi connectivity index (χ1n) is 6.68. The van der Waals surface area contributed by atoms with Crippen LogP contribution in [0.4, 0.5) is 0 Å². The van der Waals surface area contributed by atoms with E-state index >= 15 is 0 Å². The largest absolute Gasteiger partial charge is 0.310 e. The lowest BCUT2D eigenvalue weighted by Crippen LogP contribution is -2.21. The lowest BCUT2D eigenvalue weighted by atomic mass is 10.2. The van der Waals surface area contributed by atoms with E-state index in [9.17, 15) is 0 Å². The van der Waals surface area contributed by atoms with E-state index in [2.05, 4.69) is 70.4 Å². The lowest BCUT2D eigenvalue weighted by molar-refractivity contribution is 0.588. The summed E-state index contributed by atoms with van der Waals surface area (Å²) in [6.07, 6.45) is 3.73. The highest BCUT2D eigenvalue weighted by Gasteiger charge is 1.99. The Kier molecular flexibility index (Phi) is 6.07. The minimum atomic E-state index is 0.521. The van der Waals surface area contributed by atoms with E-state index in [0.29, 0.717) is 6.04 Å². The van der Waals surface area contributed by atoms with Crippen LogP contribution < -0.4 is 5.32 Å². The van der Waals surface area contributed by atoms with E-state index in [1.165, 1.54) is 16.0 Å². The Morgan fingerprint density at radius 1 is 1.15 bits per heavy atom. The van der Waals surface area contributed by atoms with Crippen molar-refractivity contribution in [3.63, 3.8) is 0 Å². The molecule has 1 aromatic carbocycles. The zero-order valence-electron chi connectivity index (χ0n) is 11.8. The molecule has 0 fully saturated rings. The molecule has 0 saturated heterocycles. The summed E-state index contributed by atoms with van der Waals surface area (Å²) in [5, 5.41) is 3.43. The molecule has 4 heteroatoms. The molecular formula is C16H19BrN2S. The predicted octanol–water partition coefficient (Wildman–Crippen LogP) is 4.63. The smallest absolute Gasteiger partial charge is 0.0410 e. The van der Waals surface area contributed by atoms with Gasteiger partial charge in [-0.3, -0.25) is 4.98 Å². The standard InChI is InChI=1S/C16H19BrN2S/c1-12(2)19-9-13-3-5-16(6-4-13)20-11-14-7-15(17)10-18-8-14/h3-8,10,12,19H,9,11H2,1-2H3. The van der Waals surface area contributed by atoms with Crippen molar-refractivity contribution in [3.8, 4) is 0 Å². The van der Waals surface area contributed by atoms with Crippen LogP contribution in [-0.4, -0.2) is 11.0 Å². The molecule has 1 aromatic heterocycles. The third-order valence-electron chi connectivity index (χ3n) is 2.80. The van der Waals surface area contributed by atoms with E-state index in [-0.39, 0.29) is 0 Å². The van der Waals surface area contributed by atoms with E-state index in [1.54, 1.807) is 0 Å². The number of hydrogen-bond donors (Lipinski definition) is 1. The summed E-state index contributed by atoms with van der Waals surface area (Å²) in [5.74, 6) is 0.941. The molecule has 0 aliphatic rings. The van der Waals surface area contributed by atoms with Crippen LogP contribution in [0.1, 0.15) is 25.0 Å². The molecule has 0 unspecified atom stereocenters. The fourth-order valence-corrected chi connectivity index (χ4v) is 2.96. The van der Waals surface area contributed by atoms with Crippen molar-refractivity contribution in [2.75, 3.05) is 0 Å². The molecule has 0 saturated carbocycles. The van der Waals surface area contributed by atoms with Crippen molar-refractivity contribution in [2.24, 2.45) is 0 Å². The van der Waals surface area contributed by atoms with Crippen molar-refractivity contribution in [2.45, 2.75) is 37.1 Å². The first kappa shape index (κ1) is 15.5. The number of thioether (sulfide) groups is 1. The molecule has 0 amide bonds. The quantitative estimate of drug-likeness (QED) is 0.768. The molecule has 0 radical (unpaired) electrons. The summed E-state index contributed by atoms with van der Waals surface area (Å²) in [5.41, 5.74) is 2.56. The molecule has 2 nitrogen and oxygen atoms in total. The zero-order chi connectivity index (χ0) is 14.4. The monoisotopic (exact) mass is 350 g/mol. The van der Waals surface area contributed by atoms with E-state index in [4.69, 9.17) is 0 Å². The minimum absolute atomic E-state index is 0.521. The van der Waals surface area contributed by atoms with Gasteiger partial charge in [0.15, 0.2) is 0 Å². The third-order valence-corrected chi connectivity index (χ3v) is 4.32. The second kappa shape index (κ2) is 7.81. The first-order valence-corrected chi connectivity index (χ1v) is 8.46. The van der Waals surface area contributed by atoms with Gasteiger partial charge in [0.05, 0.1) is 0 Å². The maximum absolute atomic E-state index is 4.18. The van der Waals surface area contributed by atoms with Crippen LogP contribution in [0, 0.1) is 0 Å². The molecule has 0 aliphatic heterocycles. The summed E-state index contributed by atoms with van der Waals surface area (Å²) in [6.45, 7) is 5.25. The first-order chi connectivity index (χ1) is 9.63. The van der Waals surface area contributed by atoms with Crippen molar-refractivity contribution in [3.05, 3.63) is 58.3 Å². The number of benzene rings is 1. The summed E-state index contributed by atoms with van der Waals surface area (Å²) in [6, 6.07) is 11.4. The summed E-state index contributed by atoms with van der Waals surface area (Å²) >= 11 is 5.28. The molecule has 0 spiro atoms. The Morgan fingerprint density at radius 2 is 1.90 bits per heavy atom. The van der Waals surface area contributed by atoms with Gasteiger partial charge in [0.25, 0.3) is 0 Å². The van der Waals surface area contributed by atoms with Crippen molar-refractivity contribution in [1.29, 1.82) is 0 Å². The Hall–Kier alpha value is -0.840. The molecule has 0 atom stereocenters. The molecular weight excluding hydrogens is 332 g/mol. The average molecular weight is 351 g/mol. The number of rotatable bonds is 6. The molecule has 2 rings (SSSR count). The van der Waals surface area contributed by atoms with Crippen LogP contribution in [0.15, 0.2) is 52.1 Å². The fourth-order valence-electron chi connectivity index (χ4n) is 1.73. The van der Waals surface area contributed by atoms with Gasteiger partial charge in [-0.25, -0.2) is 0 Å². The Morgan fingerprint density at radius 3 is 2.55 bits per heavy atom. The number of halogens is 1. The fraction of sp³-hybridized carbons (Fsp3) is 0.312. The highest BCUT2D eigenvalue weighted by Crippen LogP contribution is 2.23. The molecule has 1 heterocycles. The van der Waals surface area contributed by atoms with E-state index in [0.717, 1.165) is 16.8 Å². The van der Waals surface area contributed by atoms with E-state index in [1.807, 2.05) is 24.2 Å². The van der Waals surface area contributed by atoms with Crippen molar-refractivity contribution in [1.82, 2.24) is 10.3 Å². The van der Waals surface area contributed by atoms with Crippen LogP contribution in [0.2, 0.25) is 0 Å². The van der Waals surface area contributed by atoms with Crippen LogP contribution in [-0.2, 0) is 12.3 Å². The summed E-state index contributed by atoms with van der Waals surface area (Å²) in [7, 11) is 0. The van der Waals surface area contributed by atoms with Crippen LogP contribution in [0.25, 0.3) is 0 Å². The number of nitrogens with zero attached hydrogens (tertiary/aromatic N) is 1. The SMILES string of the molecule is CC(C)NCc1ccc(SCc2cncc(Br)c2)cc1. The van der Waals surface area contributed by atoms with Crippen LogP contribution in [0.3, 0.4) is 0 Å². The molecule has 1 N–H and O–H groups in total. The number of nitrogens with one attached hydrogen (secondary N) is 1. The molecule has 20 heavy (non-hydrogen) atoms. The van der Waals surface area contributed by atoms with Crippen LogP contribution >= 0.6 is 27.7 Å². The van der Waals surface area contributed by atoms with Gasteiger partial charge in [-0.1, -0.05) is 26.0 Å². The number of hydrogen-bond acceptors (Lipinski definition) is 3.